The SMILES string of the molecule is Cc1nn(-c2ccccc2)c(C)c1CNCC1CNCC1O. The van der Waals surface area contributed by atoms with Crippen molar-refractivity contribution in [3.63, 3.8) is 0 Å². The first kappa shape index (κ1) is 15.2. The summed E-state index contributed by atoms with van der Waals surface area (Å²) in [5.74, 6) is 0.296. The van der Waals surface area contributed by atoms with Gasteiger partial charge in [0.05, 0.1) is 17.5 Å². The zero-order chi connectivity index (χ0) is 15.5. The number of para-hydroxylation sites is 1. The zero-order valence-electron chi connectivity index (χ0n) is 13.2. The van der Waals surface area contributed by atoms with Crippen LogP contribution in [-0.2, 0) is 6.54 Å². The molecular weight excluding hydrogens is 276 g/mol. The first-order valence-electron chi connectivity index (χ1n) is 7.87. The van der Waals surface area contributed by atoms with Gasteiger partial charge in [-0.15, -0.1) is 0 Å². The Bertz CT molecular complexity index is 623. The Hall–Kier alpha value is -1.69. The summed E-state index contributed by atoms with van der Waals surface area (Å²) >= 11 is 0. The van der Waals surface area contributed by atoms with Crippen LogP contribution in [0.5, 0.6) is 0 Å². The minimum Gasteiger partial charge on any atom is -0.391 e. The highest BCUT2D eigenvalue weighted by molar-refractivity contribution is 5.36. The molecule has 1 aliphatic heterocycles. The molecule has 2 heterocycles. The molecule has 0 aliphatic carbocycles. The lowest BCUT2D eigenvalue weighted by atomic mass is 10.1. The molecule has 0 spiro atoms. The van der Waals surface area contributed by atoms with E-state index in [-0.39, 0.29) is 6.10 Å². The van der Waals surface area contributed by atoms with Crippen molar-refractivity contribution >= 4 is 0 Å². The van der Waals surface area contributed by atoms with E-state index < -0.39 is 0 Å². The minimum absolute atomic E-state index is 0.235. The fraction of sp³-hybridized carbons (Fsp3) is 0.471. The normalized spacial score (nSPS) is 21.4. The van der Waals surface area contributed by atoms with Crippen LogP contribution in [0.2, 0.25) is 0 Å². The quantitative estimate of drug-likeness (QED) is 0.775. The molecule has 0 radical (unpaired) electrons. The largest absolute Gasteiger partial charge is 0.391 e. The number of rotatable bonds is 5. The Balaban J connectivity index is 1.68. The number of aliphatic hydroxyl groups is 1. The lowest BCUT2D eigenvalue weighted by Gasteiger charge is -2.14. The van der Waals surface area contributed by atoms with E-state index in [1.54, 1.807) is 0 Å². The highest BCUT2D eigenvalue weighted by atomic mass is 16.3. The van der Waals surface area contributed by atoms with Crippen LogP contribution in [0, 0.1) is 19.8 Å². The summed E-state index contributed by atoms with van der Waals surface area (Å²) in [6.45, 7) is 7.36. The summed E-state index contributed by atoms with van der Waals surface area (Å²) in [7, 11) is 0. The number of aliphatic hydroxyl groups excluding tert-OH is 1. The molecule has 1 aromatic heterocycles. The van der Waals surface area contributed by atoms with E-state index in [1.165, 1.54) is 11.3 Å². The second kappa shape index (κ2) is 6.60. The van der Waals surface area contributed by atoms with Crippen LogP contribution in [0.3, 0.4) is 0 Å². The summed E-state index contributed by atoms with van der Waals surface area (Å²) in [6, 6.07) is 10.2. The van der Waals surface area contributed by atoms with E-state index >= 15 is 0 Å². The molecule has 1 saturated heterocycles. The van der Waals surface area contributed by atoms with Crippen LogP contribution < -0.4 is 10.6 Å². The number of aromatic nitrogens is 2. The average molecular weight is 300 g/mol. The van der Waals surface area contributed by atoms with Gasteiger partial charge in [-0.2, -0.15) is 5.10 Å². The monoisotopic (exact) mass is 300 g/mol. The van der Waals surface area contributed by atoms with Crippen LogP contribution in [0.25, 0.3) is 5.69 Å². The number of β-amino-alcohol motifs (C(OH)–C–C–N with tert-alkyl or cyclic N) is 1. The van der Waals surface area contributed by atoms with E-state index in [1.807, 2.05) is 22.9 Å². The van der Waals surface area contributed by atoms with Gasteiger partial charge in [-0.25, -0.2) is 4.68 Å². The molecule has 1 aliphatic rings. The predicted molar refractivity (Wildman–Crippen MR) is 87.1 cm³/mol. The van der Waals surface area contributed by atoms with Crippen molar-refractivity contribution in [2.75, 3.05) is 19.6 Å². The highest BCUT2D eigenvalue weighted by Gasteiger charge is 2.24. The molecule has 0 saturated carbocycles. The molecular formula is C17H24N4O. The van der Waals surface area contributed by atoms with Gasteiger partial charge < -0.3 is 15.7 Å². The van der Waals surface area contributed by atoms with Gasteiger partial charge >= 0.3 is 0 Å². The highest BCUT2D eigenvalue weighted by Crippen LogP contribution is 2.18. The number of aryl methyl sites for hydroxylation is 1. The number of hydrogen-bond donors (Lipinski definition) is 3. The van der Waals surface area contributed by atoms with Crippen LogP contribution >= 0.6 is 0 Å². The maximum absolute atomic E-state index is 9.83. The van der Waals surface area contributed by atoms with E-state index in [9.17, 15) is 5.11 Å². The van der Waals surface area contributed by atoms with Gasteiger partial charge in [-0.1, -0.05) is 18.2 Å². The van der Waals surface area contributed by atoms with Crippen LogP contribution in [-0.4, -0.2) is 40.6 Å². The second-order valence-electron chi connectivity index (χ2n) is 6.01. The van der Waals surface area contributed by atoms with Crippen molar-refractivity contribution in [1.82, 2.24) is 20.4 Å². The van der Waals surface area contributed by atoms with Crippen LogP contribution in [0.1, 0.15) is 17.0 Å². The Labute approximate surface area is 131 Å². The lowest BCUT2D eigenvalue weighted by Crippen LogP contribution is -2.30. The molecule has 3 rings (SSSR count). The molecule has 3 N–H and O–H groups in total. The Kier molecular flexibility index (Phi) is 4.57. The second-order valence-corrected chi connectivity index (χ2v) is 6.01. The van der Waals surface area contributed by atoms with Gasteiger partial charge in [-0.3, -0.25) is 0 Å². The van der Waals surface area contributed by atoms with Gasteiger partial charge in [-0.05, 0) is 26.0 Å². The molecule has 2 atom stereocenters. The van der Waals surface area contributed by atoms with Gasteiger partial charge in [0.2, 0.25) is 0 Å². The Morgan fingerprint density at radius 2 is 2.05 bits per heavy atom. The van der Waals surface area contributed by atoms with Gasteiger partial charge in [0.25, 0.3) is 0 Å². The van der Waals surface area contributed by atoms with Crippen LogP contribution in [0.4, 0.5) is 0 Å². The van der Waals surface area contributed by atoms with Crippen molar-refractivity contribution in [3.8, 4) is 5.69 Å². The van der Waals surface area contributed by atoms with Gasteiger partial charge in [0, 0.05) is 43.4 Å². The summed E-state index contributed by atoms with van der Waals surface area (Å²) in [5.41, 5.74) is 4.55. The van der Waals surface area contributed by atoms with E-state index in [4.69, 9.17) is 0 Å². The van der Waals surface area contributed by atoms with Gasteiger partial charge in [0.15, 0.2) is 0 Å². The minimum atomic E-state index is -0.235. The molecule has 0 amide bonds. The molecule has 1 fully saturated rings. The molecule has 22 heavy (non-hydrogen) atoms. The van der Waals surface area contributed by atoms with Gasteiger partial charge in [0.1, 0.15) is 0 Å². The summed E-state index contributed by atoms with van der Waals surface area (Å²) in [6.07, 6.45) is -0.235. The van der Waals surface area contributed by atoms with Crippen molar-refractivity contribution in [2.45, 2.75) is 26.5 Å². The fourth-order valence-corrected chi connectivity index (χ4v) is 3.06. The zero-order valence-corrected chi connectivity index (χ0v) is 13.2. The number of benzene rings is 1. The third kappa shape index (κ3) is 3.06. The lowest BCUT2D eigenvalue weighted by molar-refractivity contribution is 0.146. The van der Waals surface area contributed by atoms with E-state index in [0.717, 1.165) is 31.0 Å². The topological polar surface area (TPSA) is 62.1 Å². The van der Waals surface area contributed by atoms with Crippen LogP contribution in [0.15, 0.2) is 30.3 Å². The molecule has 5 nitrogen and oxygen atoms in total. The van der Waals surface area contributed by atoms with Crippen molar-refractivity contribution in [3.05, 3.63) is 47.3 Å². The number of hydrogen-bond acceptors (Lipinski definition) is 4. The smallest absolute Gasteiger partial charge is 0.0716 e. The summed E-state index contributed by atoms with van der Waals surface area (Å²) in [4.78, 5) is 0. The molecule has 2 aromatic rings. The Morgan fingerprint density at radius 1 is 1.27 bits per heavy atom. The molecule has 118 valence electrons. The van der Waals surface area contributed by atoms with Crippen molar-refractivity contribution in [2.24, 2.45) is 5.92 Å². The standard InChI is InChI=1S/C17H24N4O/c1-12-16(10-18-8-14-9-19-11-17(14)22)13(2)21(20-12)15-6-4-3-5-7-15/h3-7,14,17-19,22H,8-11H2,1-2H3. The van der Waals surface area contributed by atoms with E-state index in [2.05, 4.69) is 41.7 Å². The first-order chi connectivity index (χ1) is 10.7. The van der Waals surface area contributed by atoms with Crippen molar-refractivity contribution < 1.29 is 5.11 Å². The first-order valence-corrected chi connectivity index (χ1v) is 7.87. The summed E-state index contributed by atoms with van der Waals surface area (Å²) in [5, 5.41) is 21.2. The third-order valence-corrected chi connectivity index (χ3v) is 4.45. The third-order valence-electron chi connectivity index (χ3n) is 4.45. The maximum atomic E-state index is 9.83. The fourth-order valence-electron chi connectivity index (χ4n) is 3.06. The average Bonchev–Trinajstić information content (AvgIpc) is 3.06. The molecule has 5 heteroatoms. The summed E-state index contributed by atoms with van der Waals surface area (Å²) < 4.78 is 2.00. The molecule has 0 bridgehead atoms. The molecule has 2 unspecified atom stereocenters. The molecule has 1 aromatic carbocycles. The number of nitrogens with one attached hydrogen (secondary N) is 2. The van der Waals surface area contributed by atoms with Crippen molar-refractivity contribution in [1.29, 1.82) is 0 Å². The van der Waals surface area contributed by atoms with E-state index in [0.29, 0.717) is 12.5 Å². The predicted octanol–water partition coefficient (Wildman–Crippen LogP) is 1.16. The number of nitrogens with zero attached hydrogens (tertiary/aromatic N) is 2. The maximum Gasteiger partial charge on any atom is 0.0716 e. The Morgan fingerprint density at radius 3 is 2.73 bits per heavy atom.